The monoisotopic (exact) mass is 342 g/mol. The molecule has 1 fully saturated rings. The second kappa shape index (κ2) is 7.76. The molecule has 0 bridgehead atoms. The molecule has 0 aromatic carbocycles. The summed E-state index contributed by atoms with van der Waals surface area (Å²) >= 11 is 0. The topological polar surface area (TPSA) is 66.3 Å². The number of aryl methyl sites for hydroxylation is 1. The second-order valence-corrected chi connectivity index (χ2v) is 7.05. The van der Waals surface area contributed by atoms with Gasteiger partial charge < -0.3 is 14.8 Å². The molecule has 7 nitrogen and oxygen atoms in total. The van der Waals surface area contributed by atoms with Gasteiger partial charge in [-0.15, -0.1) is 0 Å². The Morgan fingerprint density at radius 2 is 2.16 bits per heavy atom. The fourth-order valence-corrected chi connectivity index (χ4v) is 3.48. The molecule has 1 N–H and O–H groups in total. The van der Waals surface area contributed by atoms with E-state index in [1.165, 1.54) is 5.56 Å². The Hall–Kier alpha value is -2.25. The van der Waals surface area contributed by atoms with E-state index in [9.17, 15) is 4.79 Å². The molecule has 3 heterocycles. The minimum absolute atomic E-state index is 0.0583. The summed E-state index contributed by atoms with van der Waals surface area (Å²) in [6.45, 7) is 3.61. The van der Waals surface area contributed by atoms with Gasteiger partial charge in [0.15, 0.2) is 0 Å². The van der Waals surface area contributed by atoms with Crippen LogP contribution < -0.4 is 5.32 Å². The van der Waals surface area contributed by atoms with Gasteiger partial charge in [-0.2, -0.15) is 0 Å². The van der Waals surface area contributed by atoms with Crippen molar-refractivity contribution in [3.63, 3.8) is 0 Å². The molecule has 0 aliphatic carbocycles. The van der Waals surface area contributed by atoms with Crippen LogP contribution in [0.25, 0.3) is 0 Å². The number of nitrogens with one attached hydrogen (secondary N) is 1. The van der Waals surface area contributed by atoms with E-state index in [2.05, 4.69) is 45.2 Å². The normalized spacial score (nSPS) is 21.0. The maximum absolute atomic E-state index is 12.6. The summed E-state index contributed by atoms with van der Waals surface area (Å²) in [6, 6.07) is 4.18. The first kappa shape index (κ1) is 17.6. The number of rotatable bonds is 6. The van der Waals surface area contributed by atoms with Gasteiger partial charge in [0.2, 0.25) is 0 Å². The predicted molar refractivity (Wildman–Crippen MR) is 96.0 cm³/mol. The van der Waals surface area contributed by atoms with Crippen molar-refractivity contribution in [1.82, 2.24) is 29.7 Å². The Morgan fingerprint density at radius 3 is 2.80 bits per heavy atom. The third-order valence-electron chi connectivity index (χ3n) is 4.61. The van der Waals surface area contributed by atoms with Gasteiger partial charge in [-0.05, 0) is 25.7 Å². The molecule has 0 spiro atoms. The van der Waals surface area contributed by atoms with Crippen LogP contribution in [0.2, 0.25) is 0 Å². The highest BCUT2D eigenvalue weighted by atomic mass is 16.2. The Bertz CT molecular complexity index is 699. The van der Waals surface area contributed by atoms with E-state index >= 15 is 0 Å². The second-order valence-electron chi connectivity index (χ2n) is 7.05. The SMILES string of the molecule is CN(C)C[C@@H]1CN(Cc2cccnc2)C[C@H]1NC(=O)c1cncn1C. The predicted octanol–water partition coefficient (Wildman–Crippen LogP) is 0.607. The van der Waals surface area contributed by atoms with Crippen LogP contribution in [-0.2, 0) is 13.6 Å². The molecule has 2 atom stereocenters. The van der Waals surface area contributed by atoms with Crippen LogP contribution in [0.1, 0.15) is 16.1 Å². The zero-order valence-corrected chi connectivity index (χ0v) is 15.1. The molecule has 0 unspecified atom stereocenters. The van der Waals surface area contributed by atoms with E-state index in [0.29, 0.717) is 11.6 Å². The van der Waals surface area contributed by atoms with Crippen molar-refractivity contribution >= 4 is 5.91 Å². The lowest BCUT2D eigenvalue weighted by molar-refractivity contribution is 0.0918. The highest BCUT2D eigenvalue weighted by Crippen LogP contribution is 2.20. The molecule has 1 saturated heterocycles. The molecule has 7 heteroatoms. The molecule has 0 saturated carbocycles. The molecule has 2 aromatic heterocycles. The fourth-order valence-electron chi connectivity index (χ4n) is 3.48. The number of pyridine rings is 1. The quantitative estimate of drug-likeness (QED) is 0.833. The minimum Gasteiger partial charge on any atom is -0.346 e. The number of imidazole rings is 1. The maximum Gasteiger partial charge on any atom is 0.269 e. The molecule has 1 aliphatic heterocycles. The Morgan fingerprint density at radius 1 is 1.32 bits per heavy atom. The van der Waals surface area contributed by atoms with E-state index < -0.39 is 0 Å². The first-order valence-corrected chi connectivity index (χ1v) is 8.56. The van der Waals surface area contributed by atoms with Gasteiger partial charge in [0.05, 0.1) is 12.5 Å². The van der Waals surface area contributed by atoms with Gasteiger partial charge in [0.1, 0.15) is 5.69 Å². The van der Waals surface area contributed by atoms with Gasteiger partial charge in [0, 0.05) is 57.6 Å². The third-order valence-corrected chi connectivity index (χ3v) is 4.61. The van der Waals surface area contributed by atoms with Gasteiger partial charge in [-0.1, -0.05) is 6.07 Å². The van der Waals surface area contributed by atoms with Crippen molar-refractivity contribution in [1.29, 1.82) is 0 Å². The van der Waals surface area contributed by atoms with Crippen molar-refractivity contribution in [3.05, 3.63) is 48.3 Å². The maximum atomic E-state index is 12.6. The first-order chi connectivity index (χ1) is 12.0. The minimum atomic E-state index is -0.0583. The van der Waals surface area contributed by atoms with Crippen molar-refractivity contribution in [2.45, 2.75) is 12.6 Å². The summed E-state index contributed by atoms with van der Waals surface area (Å²) in [5.41, 5.74) is 1.79. The molecule has 1 amide bonds. The van der Waals surface area contributed by atoms with Gasteiger partial charge >= 0.3 is 0 Å². The van der Waals surface area contributed by atoms with Crippen molar-refractivity contribution < 1.29 is 4.79 Å². The Kier molecular flexibility index (Phi) is 5.45. The summed E-state index contributed by atoms with van der Waals surface area (Å²) in [5, 5.41) is 3.21. The molecule has 1 aliphatic rings. The standard InChI is InChI=1S/C18H26N6O/c1-22(2)10-15-11-24(9-14-5-4-6-19-7-14)12-16(15)21-18(25)17-8-20-13-23(17)3/h4-8,13,15-16H,9-12H2,1-3H3,(H,21,25)/t15-,16-/m1/s1. The molecule has 3 rings (SSSR count). The molecule has 134 valence electrons. The number of carbonyl (C=O) groups excluding carboxylic acids is 1. The number of hydrogen-bond acceptors (Lipinski definition) is 5. The van der Waals surface area contributed by atoms with Crippen LogP contribution in [0.15, 0.2) is 37.1 Å². The van der Waals surface area contributed by atoms with Crippen molar-refractivity contribution in [2.75, 3.05) is 33.7 Å². The lowest BCUT2D eigenvalue weighted by atomic mass is 10.0. The van der Waals surface area contributed by atoms with E-state index in [-0.39, 0.29) is 11.9 Å². The van der Waals surface area contributed by atoms with Crippen LogP contribution >= 0.6 is 0 Å². The average Bonchev–Trinajstić information content (AvgIpc) is 3.14. The van der Waals surface area contributed by atoms with Crippen LogP contribution in [0.5, 0.6) is 0 Å². The van der Waals surface area contributed by atoms with Crippen molar-refractivity contribution in [3.8, 4) is 0 Å². The largest absolute Gasteiger partial charge is 0.346 e. The molecular weight excluding hydrogens is 316 g/mol. The summed E-state index contributed by atoms with van der Waals surface area (Å²) in [4.78, 5) is 25.4. The van der Waals surface area contributed by atoms with Crippen LogP contribution in [0, 0.1) is 5.92 Å². The molecule has 2 aromatic rings. The zero-order valence-electron chi connectivity index (χ0n) is 15.1. The highest BCUT2D eigenvalue weighted by Gasteiger charge is 2.34. The van der Waals surface area contributed by atoms with E-state index in [0.717, 1.165) is 26.2 Å². The van der Waals surface area contributed by atoms with E-state index in [1.54, 1.807) is 23.3 Å². The summed E-state index contributed by atoms with van der Waals surface area (Å²) in [5.74, 6) is 0.334. The number of nitrogens with zero attached hydrogens (tertiary/aromatic N) is 5. The Labute approximate surface area is 148 Å². The first-order valence-electron chi connectivity index (χ1n) is 8.56. The number of aromatic nitrogens is 3. The van der Waals surface area contributed by atoms with E-state index in [1.807, 2.05) is 19.3 Å². The smallest absolute Gasteiger partial charge is 0.269 e. The number of carbonyl (C=O) groups is 1. The molecule has 25 heavy (non-hydrogen) atoms. The zero-order chi connectivity index (χ0) is 17.8. The number of amides is 1. The van der Waals surface area contributed by atoms with Gasteiger partial charge in [-0.3, -0.25) is 14.7 Å². The Balaban J connectivity index is 1.67. The number of likely N-dealkylation sites (tertiary alicyclic amines) is 1. The summed E-state index contributed by atoms with van der Waals surface area (Å²) in [6.07, 6.45) is 6.95. The number of hydrogen-bond donors (Lipinski definition) is 1. The lowest BCUT2D eigenvalue weighted by Gasteiger charge is -2.23. The molecule has 0 radical (unpaired) electrons. The summed E-state index contributed by atoms with van der Waals surface area (Å²) < 4.78 is 1.75. The van der Waals surface area contributed by atoms with Gasteiger partial charge in [-0.25, -0.2) is 4.98 Å². The third kappa shape index (κ3) is 4.43. The average molecular weight is 342 g/mol. The van der Waals surface area contributed by atoms with Gasteiger partial charge in [0.25, 0.3) is 5.91 Å². The van der Waals surface area contributed by atoms with E-state index in [4.69, 9.17) is 0 Å². The summed E-state index contributed by atoms with van der Waals surface area (Å²) in [7, 11) is 5.98. The van der Waals surface area contributed by atoms with Crippen LogP contribution in [0.4, 0.5) is 0 Å². The lowest BCUT2D eigenvalue weighted by Crippen LogP contribution is -2.43. The highest BCUT2D eigenvalue weighted by molar-refractivity contribution is 5.92. The van der Waals surface area contributed by atoms with Crippen molar-refractivity contribution in [2.24, 2.45) is 13.0 Å². The fraction of sp³-hybridized carbons (Fsp3) is 0.500. The van der Waals surface area contributed by atoms with Crippen LogP contribution in [-0.4, -0.2) is 70.0 Å². The van der Waals surface area contributed by atoms with Crippen LogP contribution in [0.3, 0.4) is 0 Å². The molecular formula is C18H26N6O.